The van der Waals surface area contributed by atoms with Crippen LogP contribution in [0.5, 0.6) is 40.2 Å². The Bertz CT molecular complexity index is 7440. The summed E-state index contributed by atoms with van der Waals surface area (Å²) >= 11 is 0. The van der Waals surface area contributed by atoms with E-state index in [0.29, 0.717) is 21.9 Å². The maximum absolute atomic E-state index is 15.3. The summed E-state index contributed by atoms with van der Waals surface area (Å²) in [6.07, 6.45) is -16.0. The Balaban J connectivity index is 0.778. The minimum atomic E-state index is -5.21. The number of pyridine rings is 7. The van der Waals surface area contributed by atoms with Crippen LogP contribution in [0.2, 0.25) is 0 Å². The molecule has 0 radical (unpaired) electrons. The number of aromatic nitrogens is 7. The summed E-state index contributed by atoms with van der Waals surface area (Å²) in [4.78, 5) is 171. The number of methoxy groups -OCH3 is 1. The number of carbonyl (C=O) groups excluding carboxylic acids is 10. The van der Waals surface area contributed by atoms with Gasteiger partial charge in [0.25, 0.3) is 35.4 Å². The van der Waals surface area contributed by atoms with Crippen molar-refractivity contribution in [1.82, 2.24) is 50.8 Å². The van der Waals surface area contributed by atoms with E-state index >= 15 is 19.2 Å². The lowest BCUT2D eigenvalue weighted by molar-refractivity contribution is -0.173. The summed E-state index contributed by atoms with van der Waals surface area (Å²) in [7, 11) is 1.09. The van der Waals surface area contributed by atoms with Gasteiger partial charge in [-0.1, -0.05) is 97.9 Å². The Labute approximate surface area is 825 Å². The molecule has 0 aliphatic heterocycles. The lowest BCUT2D eigenvalue weighted by Crippen LogP contribution is -2.37. The van der Waals surface area contributed by atoms with Crippen LogP contribution in [0.1, 0.15) is 148 Å². The van der Waals surface area contributed by atoms with E-state index < -0.39 is 103 Å². The number of nitrogens with zero attached hydrogens (tertiary/aromatic N) is 7. The van der Waals surface area contributed by atoms with Crippen molar-refractivity contribution in [2.75, 3.05) is 111 Å². The Morgan fingerprint density at radius 3 is 0.685 bits per heavy atom. The van der Waals surface area contributed by atoms with Gasteiger partial charge in [0.1, 0.15) is 74.4 Å². The molecule has 14 rings (SSSR count). The van der Waals surface area contributed by atoms with E-state index in [4.69, 9.17) is 68.5 Å². The molecule has 7 aromatic heterocycles. The van der Waals surface area contributed by atoms with E-state index in [9.17, 15) is 68.3 Å². The molecule has 0 bridgehead atoms. The minimum absolute atomic E-state index is 0.0000602. The topological polar surface area (TPSA) is 469 Å². The second kappa shape index (κ2) is 45.4. The van der Waals surface area contributed by atoms with Crippen molar-refractivity contribution >= 4 is 175 Å². The van der Waals surface area contributed by atoms with E-state index in [1.165, 1.54) is 103 Å². The molecule has 0 unspecified atom stereocenters. The number of nitrogens with one attached hydrogen (secondary N) is 9. The van der Waals surface area contributed by atoms with Gasteiger partial charge in [-0.25, -0.2) is 39.7 Å². The van der Waals surface area contributed by atoms with Crippen molar-refractivity contribution < 1.29 is 125 Å². The van der Waals surface area contributed by atoms with E-state index in [-0.39, 0.29) is 258 Å². The Hall–Kier alpha value is -17.1. The molecule has 11 N–H and O–H groups in total. The fourth-order valence-electron chi connectivity index (χ4n) is 14.7. The molecule has 14 aromatic rings. The van der Waals surface area contributed by atoms with Gasteiger partial charge in [-0.05, 0) is 128 Å². The monoisotopic (exact) mass is 2020 g/mol. The number of ether oxygens (including phenoxy) is 8. The van der Waals surface area contributed by atoms with Crippen LogP contribution < -0.4 is 86.7 Å². The number of nitrogens with two attached hydrogens (primary N) is 1. The van der Waals surface area contributed by atoms with Gasteiger partial charge in [0, 0.05) is 99.8 Å². The lowest BCUT2D eigenvalue weighted by atomic mass is 10.1. The summed E-state index contributed by atoms with van der Waals surface area (Å²) in [5, 5.41) is 24.3. The number of rotatable bonds is 40. The average Bonchev–Trinajstić information content (AvgIpc) is 0.773. The zero-order valence-electron chi connectivity index (χ0n) is 79.6. The number of amides is 9. The maximum Gasteiger partial charge on any atom is 0.471 e. The first-order valence-corrected chi connectivity index (χ1v) is 45.8. The van der Waals surface area contributed by atoms with Crippen molar-refractivity contribution in [3.8, 4) is 40.2 Å². The van der Waals surface area contributed by atoms with Gasteiger partial charge in [0.15, 0.2) is 5.69 Å². The number of benzene rings is 7. The molecule has 0 saturated carbocycles. The highest BCUT2D eigenvalue weighted by molar-refractivity contribution is 6.18. The van der Waals surface area contributed by atoms with Gasteiger partial charge < -0.3 is 91.5 Å². The highest BCUT2D eigenvalue weighted by Gasteiger charge is 2.41. The molecule has 7 aromatic carbocycles. The van der Waals surface area contributed by atoms with Gasteiger partial charge >= 0.3 is 42.2 Å². The second-order valence-electron chi connectivity index (χ2n) is 34.9. The van der Waals surface area contributed by atoms with Crippen LogP contribution in [-0.4, -0.2) is 186 Å². The van der Waals surface area contributed by atoms with Gasteiger partial charge in [0.2, 0.25) is 0 Å². The number of hydrogen-bond donors (Lipinski definition) is 10. The number of nitrogen functional groups attached to an aromatic ring is 1. The number of halogens is 9. The molecule has 7 heterocycles. The molecule has 44 heteroatoms. The van der Waals surface area contributed by atoms with Gasteiger partial charge in [-0.3, -0.25) is 43.2 Å². The summed E-state index contributed by atoms with van der Waals surface area (Å²) < 4.78 is 167. The second-order valence-corrected chi connectivity index (χ2v) is 34.9. The summed E-state index contributed by atoms with van der Waals surface area (Å²) in [6.45, 7) is 13.4. The van der Waals surface area contributed by atoms with Crippen molar-refractivity contribution in [3.05, 3.63) is 210 Å². The number of alkyl halides is 9. The van der Waals surface area contributed by atoms with Crippen LogP contribution in [0.4, 0.5) is 79.3 Å². The number of esters is 1. The van der Waals surface area contributed by atoms with Gasteiger partial charge in [-0.15, -0.1) is 0 Å². The van der Waals surface area contributed by atoms with E-state index in [1.807, 2.05) is 55.4 Å². The lowest BCUT2D eigenvalue weighted by Gasteiger charge is -2.17. The predicted molar refractivity (Wildman–Crippen MR) is 525 cm³/mol. The normalized spacial score (nSPS) is 11.7. The molecule has 760 valence electrons. The molecule has 0 aliphatic carbocycles. The molecule has 0 saturated heterocycles. The molecule has 35 nitrogen and oxygen atoms in total. The molecular weight excluding hydrogens is 1920 g/mol. The van der Waals surface area contributed by atoms with Crippen molar-refractivity contribution in [1.29, 1.82) is 0 Å². The summed E-state index contributed by atoms with van der Waals surface area (Å²) in [6, 6.07) is 41.9. The number of carbonyl (C=O) groups is 10. The number of para-hydroxylation sites is 7. The smallest absolute Gasteiger partial charge is 0.471 e. The Morgan fingerprint density at radius 1 is 0.281 bits per heavy atom. The Kier molecular flexibility index (Phi) is 32.6. The van der Waals surface area contributed by atoms with Crippen LogP contribution >= 0.6 is 0 Å². The standard InChI is InChI=1S/C102H96F9N17O18/c1-51(2)47-143-79-42-69(116-83-55(79)20-10-27-62(83)112)90(129)123-63-28-11-21-56-76(140-37-17-34-113-97(136)100(103,104)105)40-70(117-84(56)63)91(130)125-65-30-14-24-59-81(145-49-53(5)6)44-73(120-86(59)65)94(133)127-67-32-16-26-61-80(144-48-52(3)4)43-72(119-88(61)67)93(132)124-64-29-12-22-57-77(141-38-18-35-114-98(137)101(106,107)108)41-71(118-85(57)64)92(131)126-66-31-15-25-60-82(146-50-54(7)8)45-74(121-87(60)66)95(134)128-68-33-13-23-58-78(46-75(96(135)139-9)122-89(58)68)142-39-19-36-115-99(138)102(109,110)111/h10-16,20-33,40-46,51-54H,17-19,34-39,47-50,112H2,1-9H3,(H,113,136)(H,114,137)(H,115,138)(H,123,129)(H,124,132)(H,125,130)(H,126,131)(H,127,133)(H,128,134). The molecule has 0 spiro atoms. The SMILES string of the molecule is COC(=O)c1cc(OCCCNC(=O)C(F)(F)F)c2cccc(NC(=O)c3cc(OCC(C)C)c4cccc(NC(=O)c5cc(OCCCNC(=O)C(F)(F)F)c6cccc(NC(=O)c7cc(OCC(C)C)c8cccc(NC(=O)c9cc(OCC(C)C)c%10cccc(NC(=O)c%11cc(OCCCNC(=O)C(F)(F)F)c%12cccc(NC(=O)c%13cc(OCC(C)C)c%14cccc(N)c%14n%13)c%12n%11)c%10n9)c8n7)c6n5)c4n3)c2n1. The highest BCUT2D eigenvalue weighted by atomic mass is 19.4. The van der Waals surface area contributed by atoms with Crippen molar-refractivity contribution in [2.45, 2.75) is 93.2 Å². The van der Waals surface area contributed by atoms with E-state index in [0.717, 1.165) is 7.11 Å². The van der Waals surface area contributed by atoms with Gasteiger partial charge in [0.05, 0.1) is 132 Å². The number of hydrogen-bond acceptors (Lipinski definition) is 26. The quantitative estimate of drug-likeness (QED) is 0.00738. The molecule has 9 amide bonds. The van der Waals surface area contributed by atoms with Crippen molar-refractivity contribution in [2.24, 2.45) is 23.7 Å². The number of anilines is 7. The van der Waals surface area contributed by atoms with E-state index in [2.05, 4.69) is 41.9 Å². The third kappa shape index (κ3) is 25.5. The summed E-state index contributed by atoms with van der Waals surface area (Å²) in [5.41, 5.74) is 4.63. The summed E-state index contributed by atoms with van der Waals surface area (Å²) in [5.74, 6) is -12.4. The van der Waals surface area contributed by atoms with Crippen LogP contribution in [0.3, 0.4) is 0 Å². The predicted octanol–water partition coefficient (Wildman–Crippen LogP) is 17.9. The molecule has 0 fully saturated rings. The third-order valence-electron chi connectivity index (χ3n) is 21.6. The first-order valence-electron chi connectivity index (χ1n) is 45.8. The first-order chi connectivity index (χ1) is 69.5. The van der Waals surface area contributed by atoms with Crippen LogP contribution in [-0.2, 0) is 19.1 Å². The Morgan fingerprint density at radius 2 is 0.473 bits per heavy atom. The average molecular weight is 2020 g/mol. The van der Waals surface area contributed by atoms with E-state index in [1.54, 1.807) is 82.7 Å². The highest BCUT2D eigenvalue weighted by Crippen LogP contribution is 2.42. The van der Waals surface area contributed by atoms with Crippen LogP contribution in [0.15, 0.2) is 170 Å². The fourth-order valence-corrected chi connectivity index (χ4v) is 14.7. The molecule has 0 aliphatic rings. The molecule has 0 atom stereocenters. The van der Waals surface area contributed by atoms with Gasteiger partial charge in [-0.2, -0.15) is 39.5 Å². The zero-order valence-corrected chi connectivity index (χ0v) is 79.6. The third-order valence-corrected chi connectivity index (χ3v) is 21.6. The first kappa shape index (κ1) is 105. The van der Waals surface area contributed by atoms with Crippen molar-refractivity contribution in [3.63, 3.8) is 0 Å². The largest absolute Gasteiger partial charge is 0.493 e. The van der Waals surface area contributed by atoms with Crippen LogP contribution in [0, 0.1) is 23.7 Å². The fraction of sp³-hybridized carbons (Fsp3) is 0.284. The minimum Gasteiger partial charge on any atom is -0.493 e. The maximum atomic E-state index is 15.3. The molecular formula is C102H96F9N17O18. The zero-order chi connectivity index (χ0) is 105. The number of fused-ring (bicyclic) bond motifs is 7. The molecule has 146 heavy (non-hydrogen) atoms. The van der Waals surface area contributed by atoms with Crippen LogP contribution in [0.25, 0.3) is 76.3 Å².